The van der Waals surface area contributed by atoms with Crippen LogP contribution in [0.2, 0.25) is 0 Å². The Hall–Kier alpha value is -1.03. The summed E-state index contributed by atoms with van der Waals surface area (Å²) in [5, 5.41) is 8.93. The lowest BCUT2D eigenvalue weighted by Gasteiger charge is -2.20. The Morgan fingerprint density at radius 2 is 2.12 bits per heavy atom. The maximum Gasteiger partial charge on any atom is 0.303 e. The first kappa shape index (κ1) is 14.0. The Bertz CT molecular complexity index is 402. The molecule has 0 heterocycles. The number of hydrogen-bond acceptors (Lipinski definition) is 2. The zero-order chi connectivity index (χ0) is 13.0. The average Bonchev–Trinajstić information content (AvgIpc) is 2.25. The van der Waals surface area contributed by atoms with Crippen LogP contribution >= 0.6 is 15.9 Å². The van der Waals surface area contributed by atoms with Crippen LogP contribution in [0.25, 0.3) is 0 Å². The van der Waals surface area contributed by atoms with Gasteiger partial charge in [-0.2, -0.15) is 0 Å². The Balaban J connectivity index is 3.02. The van der Waals surface area contributed by atoms with Crippen LogP contribution in [0.5, 0.6) is 5.75 Å². The predicted molar refractivity (Wildman–Crippen MR) is 70.5 cm³/mol. The molecule has 1 N–H and O–H groups in total. The summed E-state index contributed by atoms with van der Waals surface area (Å²) in [6, 6.07) is 5.72. The summed E-state index contributed by atoms with van der Waals surface area (Å²) in [6.07, 6.45) is 0.149. The normalized spacial score (nSPS) is 12.5. The highest BCUT2D eigenvalue weighted by molar-refractivity contribution is 9.10. The van der Waals surface area contributed by atoms with Crippen molar-refractivity contribution in [3.63, 3.8) is 0 Å². The monoisotopic (exact) mass is 300 g/mol. The van der Waals surface area contributed by atoms with Gasteiger partial charge in [0.1, 0.15) is 5.75 Å². The number of halogens is 1. The van der Waals surface area contributed by atoms with Gasteiger partial charge in [-0.25, -0.2) is 0 Å². The van der Waals surface area contributed by atoms with E-state index in [2.05, 4.69) is 15.9 Å². The topological polar surface area (TPSA) is 46.5 Å². The zero-order valence-electron chi connectivity index (χ0n) is 10.2. The third-order valence-electron chi connectivity index (χ3n) is 2.80. The molecule has 1 rings (SSSR count). The molecule has 0 saturated heterocycles. The van der Waals surface area contributed by atoms with E-state index in [4.69, 9.17) is 9.84 Å². The second-order valence-electron chi connectivity index (χ2n) is 4.34. The highest BCUT2D eigenvalue weighted by Crippen LogP contribution is 2.33. The molecule has 17 heavy (non-hydrogen) atoms. The second kappa shape index (κ2) is 6.05. The third kappa shape index (κ3) is 3.73. The van der Waals surface area contributed by atoms with Crippen molar-refractivity contribution in [2.24, 2.45) is 5.92 Å². The van der Waals surface area contributed by atoms with Crippen molar-refractivity contribution in [2.45, 2.75) is 26.2 Å². The predicted octanol–water partition coefficient (Wildman–Crippen LogP) is 3.67. The molecule has 0 radical (unpaired) electrons. The van der Waals surface area contributed by atoms with E-state index in [1.165, 1.54) is 0 Å². The summed E-state index contributed by atoms with van der Waals surface area (Å²) in [5.74, 6) is 0.295. The van der Waals surface area contributed by atoms with Gasteiger partial charge in [-0.1, -0.05) is 19.9 Å². The number of methoxy groups -OCH3 is 1. The molecule has 1 aromatic rings. The fourth-order valence-electron chi connectivity index (χ4n) is 1.84. The molecule has 94 valence electrons. The lowest BCUT2D eigenvalue weighted by molar-refractivity contribution is -0.137. The molecular weight excluding hydrogens is 284 g/mol. The molecule has 1 aromatic carbocycles. The van der Waals surface area contributed by atoms with Crippen molar-refractivity contribution in [3.8, 4) is 5.75 Å². The quantitative estimate of drug-likeness (QED) is 0.902. The third-order valence-corrected chi connectivity index (χ3v) is 3.42. The molecule has 0 amide bonds. The molecule has 0 aliphatic heterocycles. The van der Waals surface area contributed by atoms with E-state index in [1.807, 2.05) is 32.0 Å². The van der Waals surface area contributed by atoms with E-state index in [-0.39, 0.29) is 18.3 Å². The van der Waals surface area contributed by atoms with Gasteiger partial charge in [-0.05, 0) is 45.5 Å². The molecule has 0 saturated carbocycles. The van der Waals surface area contributed by atoms with Crippen molar-refractivity contribution >= 4 is 21.9 Å². The average molecular weight is 301 g/mol. The van der Waals surface area contributed by atoms with Crippen LogP contribution in [0.15, 0.2) is 22.7 Å². The van der Waals surface area contributed by atoms with Gasteiger partial charge in [0.05, 0.1) is 18.0 Å². The number of carboxylic acids is 1. The summed E-state index contributed by atoms with van der Waals surface area (Å²) in [5.41, 5.74) is 1.02. The van der Waals surface area contributed by atoms with Gasteiger partial charge in [0, 0.05) is 0 Å². The van der Waals surface area contributed by atoms with E-state index in [0.717, 1.165) is 15.8 Å². The standard InChI is InChI=1S/C13H17BrO3/c1-8(2)10(7-13(15)16)9-4-5-12(17-3)11(14)6-9/h4-6,8,10H,7H2,1-3H3,(H,15,16). The minimum Gasteiger partial charge on any atom is -0.496 e. The number of carbonyl (C=O) groups is 1. The number of rotatable bonds is 5. The smallest absolute Gasteiger partial charge is 0.303 e. The molecule has 1 atom stereocenters. The van der Waals surface area contributed by atoms with E-state index in [1.54, 1.807) is 7.11 Å². The van der Waals surface area contributed by atoms with Crippen molar-refractivity contribution < 1.29 is 14.6 Å². The molecule has 0 fully saturated rings. The zero-order valence-corrected chi connectivity index (χ0v) is 11.8. The van der Waals surface area contributed by atoms with E-state index >= 15 is 0 Å². The minimum atomic E-state index is -0.768. The molecule has 3 nitrogen and oxygen atoms in total. The molecule has 0 aliphatic rings. The highest BCUT2D eigenvalue weighted by Gasteiger charge is 2.20. The van der Waals surface area contributed by atoms with Crippen LogP contribution in [0.3, 0.4) is 0 Å². The summed E-state index contributed by atoms with van der Waals surface area (Å²) in [7, 11) is 1.61. The fraction of sp³-hybridized carbons (Fsp3) is 0.462. The fourth-order valence-corrected chi connectivity index (χ4v) is 2.40. The van der Waals surface area contributed by atoms with E-state index in [0.29, 0.717) is 0 Å². The van der Waals surface area contributed by atoms with Gasteiger partial charge in [-0.3, -0.25) is 4.79 Å². The number of aliphatic carboxylic acids is 1. The van der Waals surface area contributed by atoms with Gasteiger partial charge in [0.15, 0.2) is 0 Å². The first-order valence-corrected chi connectivity index (χ1v) is 6.30. The first-order chi connectivity index (χ1) is 7.95. The van der Waals surface area contributed by atoms with Crippen LogP contribution in [-0.4, -0.2) is 18.2 Å². The Kier molecular flexibility index (Phi) is 5.00. The lowest BCUT2D eigenvalue weighted by atomic mass is 9.86. The van der Waals surface area contributed by atoms with Gasteiger partial charge < -0.3 is 9.84 Å². The number of hydrogen-bond donors (Lipinski definition) is 1. The van der Waals surface area contributed by atoms with Gasteiger partial charge in [0.25, 0.3) is 0 Å². The first-order valence-electron chi connectivity index (χ1n) is 5.51. The number of ether oxygens (including phenoxy) is 1. The molecule has 0 bridgehead atoms. The number of benzene rings is 1. The SMILES string of the molecule is COc1ccc(C(CC(=O)O)C(C)C)cc1Br. The maximum atomic E-state index is 10.9. The highest BCUT2D eigenvalue weighted by atomic mass is 79.9. The maximum absolute atomic E-state index is 10.9. The molecule has 0 aromatic heterocycles. The second-order valence-corrected chi connectivity index (χ2v) is 5.20. The summed E-state index contributed by atoms with van der Waals surface area (Å²) >= 11 is 3.42. The Morgan fingerprint density at radius 3 is 2.53 bits per heavy atom. The molecule has 0 aliphatic carbocycles. The summed E-state index contributed by atoms with van der Waals surface area (Å²) < 4.78 is 6.01. The van der Waals surface area contributed by atoms with Crippen molar-refractivity contribution in [2.75, 3.05) is 7.11 Å². The summed E-state index contributed by atoms with van der Waals surface area (Å²) in [4.78, 5) is 10.9. The number of carboxylic acid groups (broad SMARTS) is 1. The van der Waals surface area contributed by atoms with E-state index < -0.39 is 5.97 Å². The van der Waals surface area contributed by atoms with Crippen LogP contribution < -0.4 is 4.74 Å². The van der Waals surface area contributed by atoms with Crippen LogP contribution in [0, 0.1) is 5.92 Å². The molecule has 4 heteroatoms. The van der Waals surface area contributed by atoms with Crippen LogP contribution in [0.1, 0.15) is 31.7 Å². The lowest BCUT2D eigenvalue weighted by Crippen LogP contribution is -2.12. The summed E-state index contributed by atoms with van der Waals surface area (Å²) in [6.45, 7) is 4.07. The van der Waals surface area contributed by atoms with Gasteiger partial charge >= 0.3 is 5.97 Å². The minimum absolute atomic E-state index is 0.0229. The van der Waals surface area contributed by atoms with Crippen LogP contribution in [0.4, 0.5) is 0 Å². The van der Waals surface area contributed by atoms with E-state index in [9.17, 15) is 4.79 Å². The van der Waals surface area contributed by atoms with Crippen LogP contribution in [-0.2, 0) is 4.79 Å². The Labute approximate surface area is 110 Å². The van der Waals surface area contributed by atoms with Gasteiger partial charge in [0.2, 0.25) is 0 Å². The van der Waals surface area contributed by atoms with Crippen molar-refractivity contribution in [1.29, 1.82) is 0 Å². The Morgan fingerprint density at radius 1 is 1.47 bits per heavy atom. The van der Waals surface area contributed by atoms with Gasteiger partial charge in [-0.15, -0.1) is 0 Å². The largest absolute Gasteiger partial charge is 0.496 e. The molecular formula is C13H17BrO3. The van der Waals surface area contributed by atoms with Crippen molar-refractivity contribution in [3.05, 3.63) is 28.2 Å². The van der Waals surface area contributed by atoms with Crippen molar-refractivity contribution in [1.82, 2.24) is 0 Å². The molecule has 1 unspecified atom stereocenters. The molecule has 0 spiro atoms.